The first-order chi connectivity index (χ1) is 8.06. The molecule has 1 aromatic rings. The molecule has 3 heteroatoms. The van der Waals surface area contributed by atoms with Gasteiger partial charge in [0.15, 0.2) is 0 Å². The highest BCUT2D eigenvalue weighted by molar-refractivity contribution is 5.91. The third kappa shape index (κ3) is 3.70. The molecule has 0 atom stereocenters. The third-order valence-corrected chi connectivity index (χ3v) is 2.71. The predicted molar refractivity (Wildman–Crippen MR) is 65.9 cm³/mol. The molecule has 0 unspecified atom stereocenters. The first-order valence-electron chi connectivity index (χ1n) is 5.75. The average molecular weight is 234 g/mol. The number of methoxy groups -OCH3 is 1. The molecule has 0 amide bonds. The maximum Gasteiger partial charge on any atom is 0.338 e. The minimum absolute atomic E-state index is 0.0419. The Morgan fingerprint density at radius 2 is 1.88 bits per heavy atom. The normalized spacial score (nSPS) is 10.4. The fourth-order valence-electron chi connectivity index (χ4n) is 1.59. The minimum atomic E-state index is -0.349. The van der Waals surface area contributed by atoms with Crippen molar-refractivity contribution in [3.8, 4) is 0 Å². The van der Waals surface area contributed by atoms with Crippen LogP contribution in [0.4, 0.5) is 0 Å². The highest BCUT2D eigenvalue weighted by atomic mass is 16.5. The summed E-state index contributed by atoms with van der Waals surface area (Å²) in [5, 5.41) is 0. The number of carbonyl (C=O) groups is 2. The molecular formula is C14H18O3. The maximum absolute atomic E-state index is 11.6. The van der Waals surface area contributed by atoms with Gasteiger partial charge in [0, 0.05) is 12.3 Å². The van der Waals surface area contributed by atoms with Crippen LogP contribution in [-0.4, -0.2) is 18.9 Å². The van der Waals surface area contributed by atoms with E-state index in [9.17, 15) is 9.59 Å². The van der Waals surface area contributed by atoms with Crippen LogP contribution in [0, 0.1) is 5.92 Å². The van der Waals surface area contributed by atoms with Crippen molar-refractivity contribution in [3.63, 3.8) is 0 Å². The molecule has 0 bridgehead atoms. The average Bonchev–Trinajstić information content (AvgIpc) is 2.35. The van der Waals surface area contributed by atoms with E-state index in [0.717, 1.165) is 5.56 Å². The van der Waals surface area contributed by atoms with Crippen molar-refractivity contribution < 1.29 is 14.3 Å². The van der Waals surface area contributed by atoms with Gasteiger partial charge in [-0.05, 0) is 18.1 Å². The molecule has 0 spiro atoms. The number of esters is 1. The molecular weight excluding hydrogens is 216 g/mol. The molecule has 1 aromatic carbocycles. The Morgan fingerprint density at radius 3 is 2.47 bits per heavy atom. The van der Waals surface area contributed by atoms with E-state index in [-0.39, 0.29) is 17.7 Å². The first kappa shape index (κ1) is 13.4. The van der Waals surface area contributed by atoms with Crippen molar-refractivity contribution in [2.75, 3.05) is 7.11 Å². The number of rotatable bonds is 5. The molecule has 0 aliphatic rings. The monoisotopic (exact) mass is 234 g/mol. The quantitative estimate of drug-likeness (QED) is 0.735. The molecule has 0 saturated carbocycles. The second-order valence-corrected chi connectivity index (χ2v) is 4.27. The van der Waals surface area contributed by atoms with Crippen LogP contribution in [0.5, 0.6) is 0 Å². The molecule has 0 aliphatic carbocycles. The highest BCUT2D eigenvalue weighted by Gasteiger charge is 2.13. The third-order valence-electron chi connectivity index (χ3n) is 2.71. The summed E-state index contributed by atoms with van der Waals surface area (Å²) in [4.78, 5) is 23.1. The van der Waals surface area contributed by atoms with Crippen LogP contribution in [0.2, 0.25) is 0 Å². The van der Waals surface area contributed by atoms with Gasteiger partial charge in [-0.2, -0.15) is 0 Å². The summed E-state index contributed by atoms with van der Waals surface area (Å²) < 4.78 is 4.71. The van der Waals surface area contributed by atoms with Crippen molar-refractivity contribution in [2.45, 2.75) is 26.7 Å². The molecule has 0 aromatic heterocycles. The number of benzene rings is 1. The van der Waals surface area contributed by atoms with E-state index in [0.29, 0.717) is 18.4 Å². The highest BCUT2D eigenvalue weighted by Crippen LogP contribution is 2.13. The molecule has 0 heterocycles. The Labute approximate surface area is 102 Å². The van der Waals surface area contributed by atoms with Crippen molar-refractivity contribution in [2.24, 2.45) is 5.92 Å². The zero-order valence-corrected chi connectivity index (χ0v) is 10.5. The minimum Gasteiger partial charge on any atom is -0.465 e. The van der Waals surface area contributed by atoms with E-state index in [2.05, 4.69) is 0 Å². The Kier molecular flexibility index (Phi) is 4.88. The van der Waals surface area contributed by atoms with Crippen LogP contribution in [0.15, 0.2) is 24.3 Å². The van der Waals surface area contributed by atoms with Gasteiger partial charge in [0.05, 0.1) is 12.7 Å². The fourth-order valence-corrected chi connectivity index (χ4v) is 1.59. The van der Waals surface area contributed by atoms with Crippen molar-refractivity contribution in [3.05, 3.63) is 35.4 Å². The number of Topliss-reactive ketones (excluding diaryl/α,β-unsaturated/α-hetero) is 1. The number of carbonyl (C=O) groups excluding carboxylic acids is 2. The summed E-state index contributed by atoms with van der Waals surface area (Å²) in [5.74, 6) is -0.0949. The zero-order valence-electron chi connectivity index (χ0n) is 10.5. The number of ketones is 1. The van der Waals surface area contributed by atoms with E-state index in [4.69, 9.17) is 4.74 Å². The lowest BCUT2D eigenvalue weighted by Gasteiger charge is -2.08. The maximum atomic E-state index is 11.6. The van der Waals surface area contributed by atoms with Crippen LogP contribution in [0.1, 0.15) is 36.2 Å². The molecule has 92 valence electrons. The summed E-state index contributed by atoms with van der Waals surface area (Å²) >= 11 is 0. The van der Waals surface area contributed by atoms with Gasteiger partial charge in [0.1, 0.15) is 5.78 Å². The Morgan fingerprint density at radius 1 is 1.24 bits per heavy atom. The van der Waals surface area contributed by atoms with Gasteiger partial charge in [0.25, 0.3) is 0 Å². The Balaban J connectivity index is 2.77. The van der Waals surface area contributed by atoms with Gasteiger partial charge in [-0.1, -0.05) is 32.0 Å². The summed E-state index contributed by atoms with van der Waals surface area (Å²) in [6, 6.07) is 7.24. The lowest BCUT2D eigenvalue weighted by Crippen LogP contribution is -2.10. The number of hydrogen-bond donors (Lipinski definition) is 0. The first-order valence-corrected chi connectivity index (χ1v) is 5.75. The van der Waals surface area contributed by atoms with Crippen LogP contribution in [-0.2, 0) is 16.0 Å². The molecule has 0 aliphatic heterocycles. The number of ether oxygens (including phenoxy) is 1. The zero-order chi connectivity index (χ0) is 12.8. The summed E-state index contributed by atoms with van der Waals surface area (Å²) in [6.07, 6.45) is 1.05. The summed E-state index contributed by atoms with van der Waals surface area (Å²) in [5.41, 5.74) is 1.42. The molecule has 0 fully saturated rings. The SMILES string of the molecule is COC(=O)c1ccccc1CCC(=O)C(C)C. The molecule has 3 nitrogen and oxygen atoms in total. The van der Waals surface area contributed by atoms with Crippen LogP contribution in [0.25, 0.3) is 0 Å². The lowest BCUT2D eigenvalue weighted by atomic mass is 9.98. The second kappa shape index (κ2) is 6.18. The molecule has 0 saturated heterocycles. The fraction of sp³-hybridized carbons (Fsp3) is 0.429. The standard InChI is InChI=1S/C14H18O3/c1-10(2)13(15)9-8-11-6-4-5-7-12(11)14(16)17-3/h4-7,10H,8-9H2,1-3H3. The van der Waals surface area contributed by atoms with Crippen molar-refractivity contribution >= 4 is 11.8 Å². The number of aryl methyl sites for hydroxylation is 1. The van der Waals surface area contributed by atoms with E-state index in [1.165, 1.54) is 7.11 Å². The van der Waals surface area contributed by atoms with Crippen molar-refractivity contribution in [1.82, 2.24) is 0 Å². The Hall–Kier alpha value is -1.64. The van der Waals surface area contributed by atoms with Gasteiger partial charge in [-0.25, -0.2) is 4.79 Å². The molecule has 1 rings (SSSR count). The number of hydrogen-bond acceptors (Lipinski definition) is 3. The molecule has 0 radical (unpaired) electrons. The summed E-state index contributed by atoms with van der Waals surface area (Å²) in [7, 11) is 1.36. The smallest absolute Gasteiger partial charge is 0.338 e. The summed E-state index contributed by atoms with van der Waals surface area (Å²) in [6.45, 7) is 3.77. The second-order valence-electron chi connectivity index (χ2n) is 4.27. The van der Waals surface area contributed by atoms with E-state index >= 15 is 0 Å². The van der Waals surface area contributed by atoms with Crippen LogP contribution in [0.3, 0.4) is 0 Å². The lowest BCUT2D eigenvalue weighted by molar-refractivity contribution is -0.121. The van der Waals surface area contributed by atoms with E-state index < -0.39 is 0 Å². The van der Waals surface area contributed by atoms with Gasteiger partial charge in [0.2, 0.25) is 0 Å². The Bertz CT molecular complexity index is 408. The van der Waals surface area contributed by atoms with Gasteiger partial charge >= 0.3 is 5.97 Å². The topological polar surface area (TPSA) is 43.4 Å². The van der Waals surface area contributed by atoms with E-state index in [1.807, 2.05) is 26.0 Å². The molecule has 17 heavy (non-hydrogen) atoms. The molecule has 0 N–H and O–H groups in total. The van der Waals surface area contributed by atoms with E-state index in [1.54, 1.807) is 12.1 Å². The van der Waals surface area contributed by atoms with Crippen molar-refractivity contribution in [1.29, 1.82) is 0 Å². The van der Waals surface area contributed by atoms with Crippen LogP contribution >= 0.6 is 0 Å². The van der Waals surface area contributed by atoms with Gasteiger partial charge < -0.3 is 4.74 Å². The largest absolute Gasteiger partial charge is 0.465 e. The van der Waals surface area contributed by atoms with Gasteiger partial charge in [-0.3, -0.25) is 4.79 Å². The van der Waals surface area contributed by atoms with Gasteiger partial charge in [-0.15, -0.1) is 0 Å². The predicted octanol–water partition coefficient (Wildman–Crippen LogP) is 2.63. The van der Waals surface area contributed by atoms with Crippen LogP contribution < -0.4 is 0 Å².